The van der Waals surface area contributed by atoms with Gasteiger partial charge in [0, 0.05) is 45.3 Å². The number of hydrogen-bond acceptors (Lipinski definition) is 7. The van der Waals surface area contributed by atoms with Gasteiger partial charge < -0.3 is 9.80 Å². The Bertz CT molecular complexity index is 721. The first-order chi connectivity index (χ1) is 12.7. The van der Waals surface area contributed by atoms with Gasteiger partial charge in [-0.2, -0.15) is 5.10 Å². The van der Waals surface area contributed by atoms with E-state index in [1.54, 1.807) is 6.33 Å². The standard InChI is InChI=1S/C18H28N8/c1-14-4-3-5-26(11-14)18-10-17(19-13-20-18)25-8-6-24(7-9-25)12-16-21-15(2)22-23-16/h10,13-14H,3-9,11-12H2,1-2H3,(H,21,22,23). The molecule has 2 saturated heterocycles. The zero-order valence-corrected chi connectivity index (χ0v) is 15.7. The number of piperazine rings is 1. The predicted octanol–water partition coefficient (Wildman–Crippen LogP) is 1.46. The van der Waals surface area contributed by atoms with Crippen molar-refractivity contribution in [1.82, 2.24) is 30.0 Å². The zero-order valence-electron chi connectivity index (χ0n) is 15.7. The number of rotatable bonds is 4. The Balaban J connectivity index is 1.36. The van der Waals surface area contributed by atoms with Crippen LogP contribution in [0.1, 0.15) is 31.4 Å². The molecular formula is C18H28N8. The summed E-state index contributed by atoms with van der Waals surface area (Å²) in [7, 11) is 0. The average molecular weight is 356 g/mol. The first-order valence-electron chi connectivity index (χ1n) is 9.59. The van der Waals surface area contributed by atoms with Crippen LogP contribution >= 0.6 is 0 Å². The number of hydrogen-bond donors (Lipinski definition) is 1. The van der Waals surface area contributed by atoms with Crippen molar-refractivity contribution >= 4 is 11.6 Å². The van der Waals surface area contributed by atoms with Crippen LogP contribution in [0.3, 0.4) is 0 Å². The van der Waals surface area contributed by atoms with E-state index < -0.39 is 0 Å². The molecule has 2 aliphatic rings. The van der Waals surface area contributed by atoms with Crippen molar-refractivity contribution in [2.45, 2.75) is 33.2 Å². The highest BCUT2D eigenvalue weighted by atomic mass is 15.3. The van der Waals surface area contributed by atoms with Gasteiger partial charge in [0.1, 0.15) is 23.8 Å². The second-order valence-electron chi connectivity index (χ2n) is 7.53. The molecule has 0 aliphatic carbocycles. The molecule has 4 heterocycles. The van der Waals surface area contributed by atoms with Crippen LogP contribution in [0.25, 0.3) is 0 Å². The fourth-order valence-electron chi connectivity index (χ4n) is 3.88. The van der Waals surface area contributed by atoms with Crippen LogP contribution in [0.5, 0.6) is 0 Å². The lowest BCUT2D eigenvalue weighted by atomic mass is 10.0. The molecule has 0 aromatic carbocycles. The van der Waals surface area contributed by atoms with Gasteiger partial charge in [0.15, 0.2) is 5.82 Å². The molecule has 0 amide bonds. The molecule has 0 radical (unpaired) electrons. The molecule has 0 spiro atoms. The van der Waals surface area contributed by atoms with Gasteiger partial charge in [0.25, 0.3) is 0 Å². The molecule has 8 nitrogen and oxygen atoms in total. The number of anilines is 2. The smallest absolute Gasteiger partial charge is 0.164 e. The lowest BCUT2D eigenvalue weighted by Crippen LogP contribution is -2.46. The predicted molar refractivity (Wildman–Crippen MR) is 101 cm³/mol. The SMILES string of the molecule is Cc1nc(CN2CCN(c3cc(N4CCCC(C)C4)ncn3)CC2)n[nH]1. The Kier molecular flexibility index (Phi) is 5.01. The molecular weight excluding hydrogens is 328 g/mol. The minimum absolute atomic E-state index is 0.741. The maximum absolute atomic E-state index is 4.53. The number of aromatic nitrogens is 5. The van der Waals surface area contributed by atoms with Gasteiger partial charge >= 0.3 is 0 Å². The average Bonchev–Trinajstić information content (AvgIpc) is 3.07. The molecule has 2 aliphatic heterocycles. The summed E-state index contributed by atoms with van der Waals surface area (Å²) in [5, 5.41) is 7.15. The molecule has 0 saturated carbocycles. The van der Waals surface area contributed by atoms with Gasteiger partial charge in [-0.05, 0) is 25.7 Å². The summed E-state index contributed by atoms with van der Waals surface area (Å²) in [6.07, 6.45) is 4.29. The van der Waals surface area contributed by atoms with Crippen LogP contribution in [0.2, 0.25) is 0 Å². The molecule has 140 valence electrons. The van der Waals surface area contributed by atoms with E-state index in [2.05, 4.69) is 52.8 Å². The Morgan fingerprint density at radius 3 is 2.54 bits per heavy atom. The van der Waals surface area contributed by atoms with E-state index in [0.29, 0.717) is 0 Å². The summed E-state index contributed by atoms with van der Waals surface area (Å²) in [6, 6.07) is 2.16. The van der Waals surface area contributed by atoms with E-state index in [1.165, 1.54) is 12.8 Å². The molecule has 2 aromatic heterocycles. The molecule has 0 bridgehead atoms. The fraction of sp³-hybridized carbons (Fsp3) is 0.667. The van der Waals surface area contributed by atoms with E-state index in [0.717, 1.165) is 75.0 Å². The summed E-state index contributed by atoms with van der Waals surface area (Å²) in [6.45, 7) is 11.2. The quantitative estimate of drug-likeness (QED) is 0.889. The van der Waals surface area contributed by atoms with Crippen molar-refractivity contribution in [3.8, 4) is 0 Å². The third-order valence-electron chi connectivity index (χ3n) is 5.32. The number of H-pyrrole nitrogens is 1. The van der Waals surface area contributed by atoms with Crippen molar-refractivity contribution in [1.29, 1.82) is 0 Å². The first-order valence-corrected chi connectivity index (χ1v) is 9.59. The van der Waals surface area contributed by atoms with E-state index in [4.69, 9.17) is 0 Å². The van der Waals surface area contributed by atoms with Crippen LogP contribution in [0, 0.1) is 12.8 Å². The van der Waals surface area contributed by atoms with Gasteiger partial charge in [0.05, 0.1) is 6.54 Å². The number of aryl methyl sites for hydroxylation is 1. The minimum atomic E-state index is 0.741. The van der Waals surface area contributed by atoms with E-state index in [9.17, 15) is 0 Å². The molecule has 8 heteroatoms. The Morgan fingerprint density at radius 2 is 1.85 bits per heavy atom. The van der Waals surface area contributed by atoms with Gasteiger partial charge in [-0.15, -0.1) is 0 Å². The van der Waals surface area contributed by atoms with Crippen molar-refractivity contribution in [3.63, 3.8) is 0 Å². The molecule has 1 N–H and O–H groups in total. The number of piperidine rings is 1. The second-order valence-corrected chi connectivity index (χ2v) is 7.53. The van der Waals surface area contributed by atoms with E-state index in [1.807, 2.05) is 6.92 Å². The largest absolute Gasteiger partial charge is 0.356 e. The normalized spacial score (nSPS) is 22.0. The minimum Gasteiger partial charge on any atom is -0.356 e. The molecule has 1 unspecified atom stereocenters. The Morgan fingerprint density at radius 1 is 1.08 bits per heavy atom. The summed E-state index contributed by atoms with van der Waals surface area (Å²) >= 11 is 0. The topological polar surface area (TPSA) is 77.1 Å². The second kappa shape index (κ2) is 7.57. The van der Waals surface area contributed by atoms with Crippen LogP contribution in [0.15, 0.2) is 12.4 Å². The third kappa shape index (κ3) is 3.95. The van der Waals surface area contributed by atoms with Gasteiger partial charge in [0.2, 0.25) is 0 Å². The lowest BCUT2D eigenvalue weighted by Gasteiger charge is -2.36. The van der Waals surface area contributed by atoms with Gasteiger partial charge in [-0.1, -0.05) is 6.92 Å². The van der Waals surface area contributed by atoms with Crippen LogP contribution in [0.4, 0.5) is 11.6 Å². The van der Waals surface area contributed by atoms with Crippen molar-refractivity contribution in [3.05, 3.63) is 24.0 Å². The maximum Gasteiger partial charge on any atom is 0.164 e. The summed E-state index contributed by atoms with van der Waals surface area (Å²) < 4.78 is 0. The zero-order chi connectivity index (χ0) is 17.9. The molecule has 26 heavy (non-hydrogen) atoms. The maximum atomic E-state index is 4.53. The highest BCUT2D eigenvalue weighted by Gasteiger charge is 2.22. The summed E-state index contributed by atoms with van der Waals surface area (Å²) in [5.41, 5.74) is 0. The fourth-order valence-corrected chi connectivity index (χ4v) is 3.88. The Hall–Kier alpha value is -2.22. The number of nitrogens with zero attached hydrogens (tertiary/aromatic N) is 7. The van der Waals surface area contributed by atoms with Crippen LogP contribution in [-0.2, 0) is 6.54 Å². The summed E-state index contributed by atoms with van der Waals surface area (Å²) in [4.78, 5) is 20.6. The number of aromatic amines is 1. The summed E-state index contributed by atoms with van der Waals surface area (Å²) in [5.74, 6) is 4.60. The molecule has 1 atom stereocenters. The van der Waals surface area contributed by atoms with Crippen LogP contribution < -0.4 is 9.80 Å². The lowest BCUT2D eigenvalue weighted by molar-refractivity contribution is 0.243. The monoisotopic (exact) mass is 356 g/mol. The first kappa shape index (κ1) is 17.2. The number of nitrogens with one attached hydrogen (secondary N) is 1. The van der Waals surface area contributed by atoms with Gasteiger partial charge in [-0.25, -0.2) is 15.0 Å². The van der Waals surface area contributed by atoms with E-state index in [-0.39, 0.29) is 0 Å². The third-order valence-corrected chi connectivity index (χ3v) is 5.32. The highest BCUT2D eigenvalue weighted by Crippen LogP contribution is 2.24. The molecule has 2 fully saturated rings. The molecule has 2 aromatic rings. The van der Waals surface area contributed by atoms with Crippen molar-refractivity contribution < 1.29 is 0 Å². The highest BCUT2D eigenvalue weighted by molar-refractivity contribution is 5.50. The van der Waals surface area contributed by atoms with E-state index >= 15 is 0 Å². The molecule has 4 rings (SSSR count). The van der Waals surface area contributed by atoms with Crippen LogP contribution in [-0.4, -0.2) is 69.3 Å². The van der Waals surface area contributed by atoms with Gasteiger partial charge in [-0.3, -0.25) is 10.00 Å². The van der Waals surface area contributed by atoms with Crippen molar-refractivity contribution in [2.75, 3.05) is 49.1 Å². The van der Waals surface area contributed by atoms with Crippen molar-refractivity contribution in [2.24, 2.45) is 5.92 Å². The Labute approximate surface area is 154 Å².